The third kappa shape index (κ3) is 3.13. The molecule has 2 heteroatoms. The summed E-state index contributed by atoms with van der Waals surface area (Å²) in [7, 11) is 0. The second-order valence-electron chi connectivity index (χ2n) is 9.14. The summed E-state index contributed by atoms with van der Waals surface area (Å²) in [4.78, 5) is 13.2. The van der Waals surface area contributed by atoms with Crippen molar-refractivity contribution in [2.24, 2.45) is 0 Å². The molecule has 0 radical (unpaired) electrons. The smallest absolute Gasteiger partial charge is 0.252 e. The molecule has 1 aliphatic heterocycles. The quantitative estimate of drug-likeness (QED) is 0.540. The maximum Gasteiger partial charge on any atom is 0.252 e. The summed E-state index contributed by atoms with van der Waals surface area (Å²) in [5.41, 5.74) is 10.1. The van der Waals surface area contributed by atoms with Gasteiger partial charge in [0.25, 0.3) is 5.91 Å². The van der Waals surface area contributed by atoms with E-state index >= 15 is 0 Å². The number of rotatable bonds is 3. The van der Waals surface area contributed by atoms with Crippen molar-refractivity contribution in [1.29, 1.82) is 0 Å². The average Bonchev–Trinajstić information content (AvgIpc) is 3.14. The van der Waals surface area contributed by atoms with Crippen LogP contribution in [0.3, 0.4) is 0 Å². The molecule has 2 atom stereocenters. The molecule has 1 amide bonds. The lowest BCUT2D eigenvalue weighted by molar-refractivity contribution is 0.0960. The standard InChI is InChI=1S/C29H27NO/c31-29-28-23-16-8-14-21-13-7-15-22(27(21)23)17-25(28)26(30-29)18-24(19-9-3-1-4-10-19)20-11-5-2-6-12-20/h1-6,9-12,17-18,21,26H,7-8,13-16H2,(H,30,31)/t21-,26?/m1/s1. The van der Waals surface area contributed by atoms with Crippen molar-refractivity contribution in [3.05, 3.63) is 112 Å². The third-order valence-electron chi connectivity index (χ3n) is 7.33. The van der Waals surface area contributed by atoms with Crippen molar-refractivity contribution in [3.63, 3.8) is 0 Å². The molecule has 6 rings (SSSR count). The van der Waals surface area contributed by atoms with Gasteiger partial charge in [0.15, 0.2) is 0 Å². The molecule has 154 valence electrons. The number of amides is 1. The number of carbonyl (C=O) groups is 1. The molecule has 3 aromatic carbocycles. The SMILES string of the molecule is O=C1NC(C=C(c2ccccc2)c2ccccc2)c2cc3c4c(c21)CCC[C@H]4CCC3. The van der Waals surface area contributed by atoms with E-state index in [1.54, 1.807) is 0 Å². The van der Waals surface area contributed by atoms with Gasteiger partial charge in [-0.05, 0) is 89.5 Å². The highest BCUT2D eigenvalue weighted by atomic mass is 16.2. The molecular weight excluding hydrogens is 378 g/mol. The molecule has 0 saturated carbocycles. The van der Waals surface area contributed by atoms with Crippen LogP contribution in [0.4, 0.5) is 0 Å². The van der Waals surface area contributed by atoms with E-state index in [9.17, 15) is 4.79 Å². The lowest BCUT2D eigenvalue weighted by atomic mass is 9.71. The first-order valence-corrected chi connectivity index (χ1v) is 11.6. The van der Waals surface area contributed by atoms with E-state index in [4.69, 9.17) is 0 Å². The normalized spacial score (nSPS) is 21.1. The van der Waals surface area contributed by atoms with Crippen molar-refractivity contribution in [2.45, 2.75) is 50.5 Å². The molecule has 0 fully saturated rings. The first kappa shape index (κ1) is 18.6. The lowest BCUT2D eigenvalue weighted by Crippen LogP contribution is -2.21. The summed E-state index contributed by atoms with van der Waals surface area (Å²) in [6, 6.07) is 23.3. The second-order valence-corrected chi connectivity index (χ2v) is 9.14. The van der Waals surface area contributed by atoms with Gasteiger partial charge < -0.3 is 5.32 Å². The molecule has 0 saturated heterocycles. The summed E-state index contributed by atoms with van der Waals surface area (Å²) in [6.07, 6.45) is 9.52. The van der Waals surface area contributed by atoms with Crippen molar-refractivity contribution < 1.29 is 4.79 Å². The van der Waals surface area contributed by atoms with Crippen LogP contribution in [0.5, 0.6) is 0 Å². The summed E-state index contributed by atoms with van der Waals surface area (Å²) in [5, 5.41) is 3.31. The molecule has 3 aromatic rings. The Balaban J connectivity index is 1.51. The monoisotopic (exact) mass is 405 g/mol. The number of hydrogen-bond donors (Lipinski definition) is 1. The highest BCUT2D eigenvalue weighted by Gasteiger charge is 2.36. The Morgan fingerprint density at radius 2 is 1.52 bits per heavy atom. The van der Waals surface area contributed by atoms with E-state index in [0.717, 1.165) is 18.4 Å². The van der Waals surface area contributed by atoms with Gasteiger partial charge in [-0.1, -0.05) is 66.7 Å². The fourth-order valence-electron chi connectivity index (χ4n) is 6.01. The van der Waals surface area contributed by atoms with Crippen LogP contribution in [0.2, 0.25) is 0 Å². The van der Waals surface area contributed by atoms with Gasteiger partial charge in [-0.15, -0.1) is 0 Å². The van der Waals surface area contributed by atoms with Gasteiger partial charge in [0.2, 0.25) is 0 Å². The van der Waals surface area contributed by atoms with Gasteiger partial charge in [-0.2, -0.15) is 0 Å². The minimum atomic E-state index is -0.0817. The fourth-order valence-corrected chi connectivity index (χ4v) is 6.01. The molecule has 2 aliphatic carbocycles. The Labute approximate surface area is 184 Å². The molecule has 31 heavy (non-hydrogen) atoms. The van der Waals surface area contributed by atoms with Crippen molar-refractivity contribution in [1.82, 2.24) is 5.32 Å². The fraction of sp³-hybridized carbons (Fsp3) is 0.276. The van der Waals surface area contributed by atoms with E-state index < -0.39 is 0 Å². The minimum absolute atomic E-state index is 0.0817. The number of nitrogens with one attached hydrogen (secondary N) is 1. The summed E-state index contributed by atoms with van der Waals surface area (Å²) in [5.74, 6) is 0.783. The van der Waals surface area contributed by atoms with E-state index in [1.165, 1.54) is 64.6 Å². The van der Waals surface area contributed by atoms with E-state index in [2.05, 4.69) is 66.0 Å². The Kier molecular flexibility index (Phi) is 4.52. The van der Waals surface area contributed by atoms with E-state index in [1.807, 2.05) is 12.1 Å². The van der Waals surface area contributed by atoms with Crippen LogP contribution in [0.15, 0.2) is 72.8 Å². The van der Waals surface area contributed by atoms with Crippen LogP contribution in [0.1, 0.15) is 81.4 Å². The van der Waals surface area contributed by atoms with Crippen LogP contribution in [0, 0.1) is 0 Å². The lowest BCUT2D eigenvalue weighted by Gasteiger charge is -2.33. The van der Waals surface area contributed by atoms with Crippen LogP contribution < -0.4 is 5.32 Å². The largest absolute Gasteiger partial charge is 0.342 e. The van der Waals surface area contributed by atoms with Gasteiger partial charge in [-0.3, -0.25) is 4.79 Å². The predicted molar refractivity (Wildman–Crippen MR) is 125 cm³/mol. The van der Waals surface area contributed by atoms with Crippen LogP contribution in [-0.4, -0.2) is 5.91 Å². The van der Waals surface area contributed by atoms with E-state index in [-0.39, 0.29) is 11.9 Å². The van der Waals surface area contributed by atoms with Gasteiger partial charge >= 0.3 is 0 Å². The van der Waals surface area contributed by atoms with Gasteiger partial charge in [0.1, 0.15) is 0 Å². The highest BCUT2D eigenvalue weighted by molar-refractivity contribution is 6.02. The predicted octanol–water partition coefficient (Wildman–Crippen LogP) is 6.36. The zero-order valence-electron chi connectivity index (χ0n) is 17.7. The molecule has 1 N–H and O–H groups in total. The Bertz CT molecular complexity index is 1130. The van der Waals surface area contributed by atoms with Crippen molar-refractivity contribution in [2.75, 3.05) is 0 Å². The molecule has 3 aliphatic rings. The van der Waals surface area contributed by atoms with E-state index in [0.29, 0.717) is 5.92 Å². The summed E-state index contributed by atoms with van der Waals surface area (Å²) < 4.78 is 0. The van der Waals surface area contributed by atoms with Crippen molar-refractivity contribution in [3.8, 4) is 0 Å². The Hall–Kier alpha value is -3.13. The first-order valence-electron chi connectivity index (χ1n) is 11.6. The summed E-state index contributed by atoms with van der Waals surface area (Å²) in [6.45, 7) is 0. The molecule has 2 nitrogen and oxygen atoms in total. The minimum Gasteiger partial charge on any atom is -0.342 e. The number of fused-ring (bicyclic) bond motifs is 2. The maximum absolute atomic E-state index is 13.2. The Morgan fingerprint density at radius 1 is 0.871 bits per heavy atom. The third-order valence-corrected chi connectivity index (χ3v) is 7.33. The summed E-state index contributed by atoms with van der Waals surface area (Å²) >= 11 is 0. The average molecular weight is 406 g/mol. The topological polar surface area (TPSA) is 29.1 Å². The second kappa shape index (κ2) is 7.53. The van der Waals surface area contributed by atoms with Crippen LogP contribution >= 0.6 is 0 Å². The number of hydrogen-bond acceptors (Lipinski definition) is 1. The van der Waals surface area contributed by atoms with Gasteiger partial charge in [-0.25, -0.2) is 0 Å². The number of carbonyl (C=O) groups excluding carboxylic acids is 1. The zero-order chi connectivity index (χ0) is 20.8. The first-order chi connectivity index (χ1) is 15.3. The van der Waals surface area contributed by atoms with Crippen LogP contribution in [0.25, 0.3) is 5.57 Å². The van der Waals surface area contributed by atoms with Crippen molar-refractivity contribution >= 4 is 11.5 Å². The molecule has 1 unspecified atom stereocenters. The molecule has 1 heterocycles. The van der Waals surface area contributed by atoms with Gasteiger partial charge in [0.05, 0.1) is 6.04 Å². The maximum atomic E-state index is 13.2. The number of aryl methyl sites for hydroxylation is 1. The highest BCUT2D eigenvalue weighted by Crippen LogP contribution is 2.46. The number of benzene rings is 3. The Morgan fingerprint density at radius 3 is 2.19 bits per heavy atom. The molecule has 0 bridgehead atoms. The molecular formula is C29H27NO. The van der Waals surface area contributed by atoms with Gasteiger partial charge in [0, 0.05) is 5.56 Å². The molecule has 0 aromatic heterocycles. The zero-order valence-corrected chi connectivity index (χ0v) is 17.7. The van der Waals surface area contributed by atoms with Crippen LogP contribution in [-0.2, 0) is 12.8 Å². The molecule has 0 spiro atoms.